The standard InChI is InChI=1S/C17H27NO/c1-15(2)14-16-6-8-17(9-7-16)19-13-12-18-10-4-3-5-11-18/h6-9,15H,3-5,10-14H2,1-2H3. The zero-order valence-electron chi connectivity index (χ0n) is 12.4. The molecule has 0 amide bonds. The first-order valence-electron chi connectivity index (χ1n) is 7.68. The first kappa shape index (κ1) is 14.4. The Bertz CT molecular complexity index is 352. The number of piperidine rings is 1. The van der Waals surface area contributed by atoms with Crippen molar-refractivity contribution < 1.29 is 4.74 Å². The average molecular weight is 261 g/mol. The van der Waals surface area contributed by atoms with Crippen molar-refractivity contribution in [2.24, 2.45) is 5.92 Å². The Balaban J connectivity index is 1.70. The van der Waals surface area contributed by atoms with Crippen LogP contribution in [-0.4, -0.2) is 31.1 Å². The highest BCUT2D eigenvalue weighted by Crippen LogP contribution is 2.15. The smallest absolute Gasteiger partial charge is 0.119 e. The van der Waals surface area contributed by atoms with Crippen LogP contribution in [-0.2, 0) is 6.42 Å². The number of nitrogens with zero attached hydrogens (tertiary/aromatic N) is 1. The zero-order chi connectivity index (χ0) is 13.5. The van der Waals surface area contributed by atoms with E-state index in [9.17, 15) is 0 Å². The van der Waals surface area contributed by atoms with Crippen LogP contribution in [0.1, 0.15) is 38.7 Å². The van der Waals surface area contributed by atoms with Gasteiger partial charge in [-0.25, -0.2) is 0 Å². The number of rotatable bonds is 6. The number of hydrogen-bond acceptors (Lipinski definition) is 2. The molecule has 19 heavy (non-hydrogen) atoms. The van der Waals surface area contributed by atoms with Gasteiger partial charge in [-0.1, -0.05) is 32.4 Å². The number of benzene rings is 1. The molecular weight excluding hydrogens is 234 g/mol. The van der Waals surface area contributed by atoms with E-state index in [1.54, 1.807) is 0 Å². The van der Waals surface area contributed by atoms with Gasteiger partial charge in [0.2, 0.25) is 0 Å². The summed E-state index contributed by atoms with van der Waals surface area (Å²) in [7, 11) is 0. The second-order valence-corrected chi connectivity index (χ2v) is 5.99. The fourth-order valence-electron chi connectivity index (χ4n) is 2.67. The predicted molar refractivity (Wildman–Crippen MR) is 80.8 cm³/mol. The summed E-state index contributed by atoms with van der Waals surface area (Å²) < 4.78 is 5.83. The molecule has 1 heterocycles. The van der Waals surface area contributed by atoms with Gasteiger partial charge in [0.25, 0.3) is 0 Å². The number of likely N-dealkylation sites (tertiary alicyclic amines) is 1. The van der Waals surface area contributed by atoms with Crippen LogP contribution in [0.25, 0.3) is 0 Å². The molecular formula is C17H27NO. The molecule has 0 spiro atoms. The highest BCUT2D eigenvalue weighted by Gasteiger charge is 2.09. The lowest BCUT2D eigenvalue weighted by molar-refractivity contribution is 0.183. The van der Waals surface area contributed by atoms with Crippen molar-refractivity contribution in [1.82, 2.24) is 4.90 Å². The molecule has 2 heteroatoms. The molecule has 1 aliphatic heterocycles. The van der Waals surface area contributed by atoms with Gasteiger partial charge in [0.05, 0.1) is 0 Å². The molecule has 0 saturated carbocycles. The lowest BCUT2D eigenvalue weighted by Gasteiger charge is -2.26. The molecule has 0 N–H and O–H groups in total. The van der Waals surface area contributed by atoms with Crippen LogP contribution in [0, 0.1) is 5.92 Å². The van der Waals surface area contributed by atoms with Crippen LogP contribution < -0.4 is 4.74 Å². The molecule has 2 nitrogen and oxygen atoms in total. The molecule has 1 aliphatic rings. The third-order valence-corrected chi connectivity index (χ3v) is 3.69. The largest absolute Gasteiger partial charge is 0.492 e. The molecule has 1 aromatic carbocycles. The summed E-state index contributed by atoms with van der Waals surface area (Å²) in [6.07, 6.45) is 5.25. The monoisotopic (exact) mass is 261 g/mol. The second kappa shape index (κ2) is 7.54. The quantitative estimate of drug-likeness (QED) is 0.773. The van der Waals surface area contributed by atoms with Crippen LogP contribution in [0.15, 0.2) is 24.3 Å². The van der Waals surface area contributed by atoms with Crippen molar-refractivity contribution >= 4 is 0 Å². The van der Waals surface area contributed by atoms with Gasteiger partial charge < -0.3 is 4.74 Å². The van der Waals surface area contributed by atoms with E-state index in [-0.39, 0.29) is 0 Å². The van der Waals surface area contributed by atoms with Gasteiger partial charge in [-0.05, 0) is 56.0 Å². The van der Waals surface area contributed by atoms with Crippen molar-refractivity contribution in [3.05, 3.63) is 29.8 Å². The van der Waals surface area contributed by atoms with Crippen LogP contribution >= 0.6 is 0 Å². The Kier molecular flexibility index (Phi) is 5.71. The van der Waals surface area contributed by atoms with Gasteiger partial charge in [-0.15, -0.1) is 0 Å². The fourth-order valence-corrected chi connectivity index (χ4v) is 2.67. The Morgan fingerprint density at radius 2 is 1.74 bits per heavy atom. The van der Waals surface area contributed by atoms with E-state index in [1.165, 1.54) is 37.9 Å². The molecule has 1 fully saturated rings. The normalized spacial score (nSPS) is 16.8. The zero-order valence-corrected chi connectivity index (χ0v) is 12.4. The molecule has 0 aromatic heterocycles. The summed E-state index contributed by atoms with van der Waals surface area (Å²) in [5.74, 6) is 1.72. The maximum atomic E-state index is 5.83. The van der Waals surface area contributed by atoms with E-state index in [1.807, 2.05) is 0 Å². The van der Waals surface area contributed by atoms with E-state index in [4.69, 9.17) is 4.74 Å². The summed E-state index contributed by atoms with van der Waals surface area (Å²) in [6.45, 7) is 8.87. The van der Waals surface area contributed by atoms with Crippen molar-refractivity contribution in [3.8, 4) is 5.75 Å². The Morgan fingerprint density at radius 3 is 2.37 bits per heavy atom. The summed E-state index contributed by atoms with van der Waals surface area (Å²) in [4.78, 5) is 2.51. The fraction of sp³-hybridized carbons (Fsp3) is 0.647. The lowest BCUT2D eigenvalue weighted by Crippen LogP contribution is -2.33. The highest BCUT2D eigenvalue weighted by molar-refractivity contribution is 5.27. The first-order chi connectivity index (χ1) is 9.24. The second-order valence-electron chi connectivity index (χ2n) is 5.99. The predicted octanol–water partition coefficient (Wildman–Crippen LogP) is 3.75. The maximum Gasteiger partial charge on any atom is 0.119 e. The molecule has 1 aromatic rings. The third-order valence-electron chi connectivity index (χ3n) is 3.69. The molecule has 1 saturated heterocycles. The molecule has 0 atom stereocenters. The van der Waals surface area contributed by atoms with Gasteiger partial charge in [0.1, 0.15) is 12.4 Å². The minimum absolute atomic E-state index is 0.714. The van der Waals surface area contributed by atoms with Gasteiger partial charge >= 0.3 is 0 Å². The highest BCUT2D eigenvalue weighted by atomic mass is 16.5. The van der Waals surface area contributed by atoms with Gasteiger partial charge in [0, 0.05) is 6.54 Å². The van der Waals surface area contributed by atoms with Crippen molar-refractivity contribution in [2.75, 3.05) is 26.2 Å². The minimum Gasteiger partial charge on any atom is -0.492 e. The van der Waals surface area contributed by atoms with Crippen molar-refractivity contribution in [2.45, 2.75) is 39.5 Å². The SMILES string of the molecule is CC(C)Cc1ccc(OCCN2CCCCC2)cc1. The third kappa shape index (κ3) is 5.23. The number of hydrogen-bond donors (Lipinski definition) is 0. The van der Waals surface area contributed by atoms with Crippen LogP contribution in [0.3, 0.4) is 0 Å². The first-order valence-corrected chi connectivity index (χ1v) is 7.68. The lowest BCUT2D eigenvalue weighted by atomic mass is 10.0. The molecule has 2 rings (SSSR count). The van der Waals surface area contributed by atoms with Crippen LogP contribution in [0.5, 0.6) is 5.75 Å². The Labute approximate surface area is 117 Å². The summed E-state index contributed by atoms with van der Waals surface area (Å²) in [5.41, 5.74) is 1.40. The van der Waals surface area contributed by atoms with Gasteiger partial charge in [0.15, 0.2) is 0 Å². The summed E-state index contributed by atoms with van der Waals surface area (Å²) >= 11 is 0. The number of ether oxygens (including phenoxy) is 1. The molecule has 0 unspecified atom stereocenters. The molecule has 0 bridgehead atoms. The Morgan fingerprint density at radius 1 is 1.05 bits per heavy atom. The van der Waals surface area contributed by atoms with E-state index in [0.717, 1.165) is 25.3 Å². The minimum atomic E-state index is 0.714. The molecule has 0 aliphatic carbocycles. The summed E-state index contributed by atoms with van der Waals surface area (Å²) in [6, 6.07) is 8.59. The van der Waals surface area contributed by atoms with Crippen molar-refractivity contribution in [3.63, 3.8) is 0 Å². The van der Waals surface area contributed by atoms with Crippen LogP contribution in [0.4, 0.5) is 0 Å². The summed E-state index contributed by atoms with van der Waals surface area (Å²) in [5, 5.41) is 0. The van der Waals surface area contributed by atoms with Crippen LogP contribution in [0.2, 0.25) is 0 Å². The van der Waals surface area contributed by atoms with E-state index >= 15 is 0 Å². The average Bonchev–Trinajstić information content (AvgIpc) is 2.41. The Hall–Kier alpha value is -1.02. The van der Waals surface area contributed by atoms with Crippen molar-refractivity contribution in [1.29, 1.82) is 0 Å². The van der Waals surface area contributed by atoms with Gasteiger partial charge in [-0.2, -0.15) is 0 Å². The van der Waals surface area contributed by atoms with E-state index < -0.39 is 0 Å². The molecule has 0 radical (unpaired) electrons. The van der Waals surface area contributed by atoms with E-state index in [2.05, 4.69) is 43.0 Å². The molecule has 106 valence electrons. The maximum absolute atomic E-state index is 5.83. The topological polar surface area (TPSA) is 12.5 Å². The van der Waals surface area contributed by atoms with Gasteiger partial charge in [-0.3, -0.25) is 4.90 Å². The van der Waals surface area contributed by atoms with E-state index in [0.29, 0.717) is 5.92 Å².